The highest BCUT2D eigenvalue weighted by Crippen LogP contribution is 2.11. The maximum atomic E-state index is 11.9. The molecule has 1 N–H and O–H groups in total. The predicted molar refractivity (Wildman–Crippen MR) is 73.7 cm³/mol. The molecule has 0 bridgehead atoms. The zero-order chi connectivity index (χ0) is 13.0. The Labute approximate surface area is 110 Å². The summed E-state index contributed by atoms with van der Waals surface area (Å²) >= 11 is 8.07. The van der Waals surface area contributed by atoms with Gasteiger partial charge in [0.15, 0.2) is 0 Å². The average molecular weight is 276 g/mol. The largest absolute Gasteiger partial charge is 0.494 e. The molecule has 5 nitrogen and oxygen atoms in total. The van der Waals surface area contributed by atoms with Gasteiger partial charge in [0.1, 0.15) is 0 Å². The minimum absolute atomic E-state index is 0.239. The molecule has 0 amide bonds. The lowest BCUT2D eigenvalue weighted by Crippen LogP contribution is -2.41. The van der Waals surface area contributed by atoms with Crippen molar-refractivity contribution in [3.05, 3.63) is 26.4 Å². The van der Waals surface area contributed by atoms with E-state index in [0.29, 0.717) is 17.9 Å². The molecule has 1 aromatic rings. The zero-order valence-electron chi connectivity index (χ0n) is 9.59. The Bertz CT molecular complexity index is 466. The minimum atomic E-state index is -0.494. The van der Waals surface area contributed by atoms with E-state index in [2.05, 4.69) is 25.3 Å². The van der Waals surface area contributed by atoms with Crippen LogP contribution in [-0.4, -0.2) is 25.7 Å². The standard InChI is InChI=1S/C10H16N2O3S2/c1-2-11-8(13)7(3-5-16)9(14)12(4-6-17)10(11)15/h14,16-17H,2-6H2,1H3. The van der Waals surface area contributed by atoms with Gasteiger partial charge in [-0.3, -0.25) is 13.9 Å². The fraction of sp³-hybridized carbons (Fsp3) is 0.600. The highest BCUT2D eigenvalue weighted by atomic mass is 32.1. The molecule has 0 aliphatic rings. The van der Waals surface area contributed by atoms with Crippen molar-refractivity contribution >= 4 is 25.3 Å². The van der Waals surface area contributed by atoms with Gasteiger partial charge in [0, 0.05) is 18.8 Å². The minimum Gasteiger partial charge on any atom is -0.494 e. The topological polar surface area (TPSA) is 64.2 Å². The van der Waals surface area contributed by atoms with Crippen LogP contribution >= 0.6 is 25.3 Å². The van der Waals surface area contributed by atoms with Crippen LogP contribution in [0.25, 0.3) is 0 Å². The summed E-state index contributed by atoms with van der Waals surface area (Å²) in [5.41, 5.74) is -0.685. The molecule has 7 heteroatoms. The fourth-order valence-electron chi connectivity index (χ4n) is 1.66. The Morgan fingerprint density at radius 3 is 2.29 bits per heavy atom. The van der Waals surface area contributed by atoms with E-state index in [9.17, 15) is 14.7 Å². The summed E-state index contributed by atoms with van der Waals surface area (Å²) in [5.74, 6) is 0.592. The van der Waals surface area contributed by atoms with E-state index in [1.807, 2.05) is 0 Å². The van der Waals surface area contributed by atoms with Gasteiger partial charge in [-0.25, -0.2) is 4.79 Å². The second-order valence-corrected chi connectivity index (χ2v) is 4.38. The summed E-state index contributed by atoms with van der Waals surface area (Å²) in [7, 11) is 0. The molecule has 17 heavy (non-hydrogen) atoms. The third-order valence-electron chi connectivity index (χ3n) is 2.49. The Balaban J connectivity index is 3.57. The van der Waals surface area contributed by atoms with Crippen LogP contribution in [0.4, 0.5) is 0 Å². The molecule has 1 aromatic heterocycles. The van der Waals surface area contributed by atoms with Crippen molar-refractivity contribution in [2.24, 2.45) is 0 Å². The van der Waals surface area contributed by atoms with E-state index in [1.54, 1.807) is 6.92 Å². The summed E-state index contributed by atoms with van der Waals surface area (Å²) in [6, 6.07) is 0. The third kappa shape index (κ3) is 2.71. The molecule has 0 fully saturated rings. The molecule has 0 atom stereocenters. The van der Waals surface area contributed by atoms with Gasteiger partial charge in [0.05, 0.1) is 5.56 Å². The SMILES string of the molecule is CCn1c(=O)c(CCS)c(O)n(CCS)c1=O. The number of rotatable bonds is 5. The summed E-state index contributed by atoms with van der Waals surface area (Å²) in [6.07, 6.45) is 0.334. The summed E-state index contributed by atoms with van der Waals surface area (Å²) in [4.78, 5) is 23.8. The van der Waals surface area contributed by atoms with Crippen LogP contribution in [0.5, 0.6) is 5.88 Å². The molecule has 0 saturated heterocycles. The van der Waals surface area contributed by atoms with E-state index in [0.717, 1.165) is 4.57 Å². The van der Waals surface area contributed by atoms with E-state index in [-0.39, 0.29) is 24.5 Å². The number of aromatic nitrogens is 2. The molecule has 0 spiro atoms. The lowest BCUT2D eigenvalue weighted by atomic mass is 10.2. The first-order valence-corrected chi connectivity index (χ1v) is 6.62. The molecule has 0 aliphatic heterocycles. The van der Waals surface area contributed by atoms with Crippen LogP contribution in [-0.2, 0) is 19.5 Å². The molecule has 0 unspecified atom stereocenters. The van der Waals surface area contributed by atoms with Crippen molar-refractivity contribution in [1.82, 2.24) is 9.13 Å². The molecular formula is C10H16N2O3S2. The van der Waals surface area contributed by atoms with Gasteiger partial charge in [0.25, 0.3) is 5.56 Å². The van der Waals surface area contributed by atoms with Gasteiger partial charge in [0.2, 0.25) is 5.88 Å². The van der Waals surface area contributed by atoms with Crippen LogP contribution < -0.4 is 11.2 Å². The second kappa shape index (κ2) is 6.20. The van der Waals surface area contributed by atoms with Crippen molar-refractivity contribution in [2.45, 2.75) is 26.4 Å². The van der Waals surface area contributed by atoms with Gasteiger partial charge in [-0.05, 0) is 19.1 Å². The fourth-order valence-corrected chi connectivity index (χ4v) is 2.08. The Kier molecular flexibility index (Phi) is 5.20. The van der Waals surface area contributed by atoms with Crippen LogP contribution in [0.2, 0.25) is 0 Å². The molecule has 96 valence electrons. The van der Waals surface area contributed by atoms with Gasteiger partial charge in [-0.1, -0.05) is 0 Å². The number of hydrogen-bond donors (Lipinski definition) is 3. The smallest absolute Gasteiger partial charge is 0.333 e. The highest BCUT2D eigenvalue weighted by Gasteiger charge is 2.16. The molecule has 0 saturated carbocycles. The van der Waals surface area contributed by atoms with Crippen molar-refractivity contribution in [1.29, 1.82) is 0 Å². The van der Waals surface area contributed by atoms with Gasteiger partial charge in [-0.15, -0.1) is 0 Å². The van der Waals surface area contributed by atoms with Crippen LogP contribution in [0.15, 0.2) is 9.59 Å². The number of aromatic hydroxyl groups is 1. The van der Waals surface area contributed by atoms with Crippen molar-refractivity contribution in [2.75, 3.05) is 11.5 Å². The van der Waals surface area contributed by atoms with Crippen molar-refractivity contribution < 1.29 is 5.11 Å². The number of hydrogen-bond acceptors (Lipinski definition) is 5. The van der Waals surface area contributed by atoms with Crippen molar-refractivity contribution in [3.63, 3.8) is 0 Å². The molecule has 0 radical (unpaired) electrons. The Hall–Kier alpha value is -0.820. The summed E-state index contributed by atoms with van der Waals surface area (Å²) in [6.45, 7) is 2.27. The van der Waals surface area contributed by atoms with E-state index in [1.165, 1.54) is 4.57 Å². The van der Waals surface area contributed by atoms with E-state index < -0.39 is 11.2 Å². The van der Waals surface area contributed by atoms with Gasteiger partial charge < -0.3 is 5.11 Å². The van der Waals surface area contributed by atoms with E-state index in [4.69, 9.17) is 0 Å². The first-order chi connectivity index (χ1) is 8.08. The average Bonchev–Trinajstić information content (AvgIpc) is 2.31. The van der Waals surface area contributed by atoms with Gasteiger partial charge >= 0.3 is 5.69 Å². The quantitative estimate of drug-likeness (QED) is 0.670. The monoisotopic (exact) mass is 276 g/mol. The van der Waals surface area contributed by atoms with Crippen LogP contribution in [0.1, 0.15) is 12.5 Å². The first kappa shape index (κ1) is 14.2. The maximum Gasteiger partial charge on any atom is 0.333 e. The van der Waals surface area contributed by atoms with Crippen LogP contribution in [0.3, 0.4) is 0 Å². The Morgan fingerprint density at radius 1 is 1.18 bits per heavy atom. The zero-order valence-corrected chi connectivity index (χ0v) is 11.4. The number of thiol groups is 2. The second-order valence-electron chi connectivity index (χ2n) is 3.48. The molecule has 1 rings (SSSR count). The lowest BCUT2D eigenvalue weighted by molar-refractivity contribution is 0.388. The molecule has 0 aliphatic carbocycles. The van der Waals surface area contributed by atoms with E-state index >= 15 is 0 Å². The first-order valence-electron chi connectivity index (χ1n) is 5.35. The van der Waals surface area contributed by atoms with Crippen molar-refractivity contribution in [3.8, 4) is 5.88 Å². The predicted octanol–water partition coefficient (Wildman–Crippen LogP) is 0.138. The normalized spacial score (nSPS) is 10.8. The number of nitrogens with zero attached hydrogens (tertiary/aromatic N) is 2. The van der Waals surface area contributed by atoms with Gasteiger partial charge in [-0.2, -0.15) is 25.3 Å². The maximum absolute atomic E-state index is 11.9. The summed E-state index contributed by atoms with van der Waals surface area (Å²) in [5, 5.41) is 9.91. The van der Waals surface area contributed by atoms with Crippen LogP contribution in [0, 0.1) is 0 Å². The third-order valence-corrected chi connectivity index (χ3v) is 2.92. The molecule has 1 heterocycles. The summed E-state index contributed by atoms with van der Waals surface area (Å²) < 4.78 is 2.29. The Morgan fingerprint density at radius 2 is 1.82 bits per heavy atom. The molecule has 0 aromatic carbocycles. The molecular weight excluding hydrogens is 260 g/mol. The lowest BCUT2D eigenvalue weighted by Gasteiger charge is -2.13. The highest BCUT2D eigenvalue weighted by molar-refractivity contribution is 7.80.